The third-order valence-corrected chi connectivity index (χ3v) is 19.5. The van der Waals surface area contributed by atoms with Crippen LogP contribution in [-0.4, -0.2) is 18.4 Å². The first kappa shape index (κ1) is 20.8. The summed E-state index contributed by atoms with van der Waals surface area (Å²) in [7, 11) is 0. The Balaban J connectivity index is 5.66. The van der Waals surface area contributed by atoms with Crippen molar-refractivity contribution >= 4 is 18.4 Å². The predicted molar refractivity (Wildman–Crippen MR) is 103 cm³/mol. The van der Waals surface area contributed by atoms with Gasteiger partial charge in [-0.3, -0.25) is 0 Å². The van der Waals surface area contributed by atoms with Gasteiger partial charge in [-0.2, -0.15) is 0 Å². The van der Waals surface area contributed by atoms with Gasteiger partial charge in [-0.25, -0.2) is 0 Å². The van der Waals surface area contributed by atoms with E-state index in [-0.39, 0.29) is 0 Å². The van der Waals surface area contributed by atoms with Gasteiger partial charge in [0.25, 0.3) is 0 Å². The molecule has 0 N–H and O–H groups in total. The minimum absolute atomic E-state index is 1.40. The molecule has 0 rings (SSSR count). The number of hydrogen-bond donors (Lipinski definition) is 0. The van der Waals surface area contributed by atoms with E-state index in [0.29, 0.717) is 0 Å². The molecule has 0 aromatic heterocycles. The summed E-state index contributed by atoms with van der Waals surface area (Å²) in [5.74, 6) is 0. The summed E-state index contributed by atoms with van der Waals surface area (Å²) in [6.07, 6.45) is 9.30. The van der Waals surface area contributed by atoms with Crippen LogP contribution in [0.3, 0.4) is 0 Å². The molecule has 0 aliphatic rings. The van der Waals surface area contributed by atoms with Crippen molar-refractivity contribution in [2.75, 3.05) is 0 Å². The zero-order chi connectivity index (χ0) is 16.5. The van der Waals surface area contributed by atoms with Crippen LogP contribution in [0, 0.1) is 0 Å². The zero-order valence-corrected chi connectivity index (χ0v) is 18.5. The van der Waals surface area contributed by atoms with Gasteiger partial charge in [-0.1, -0.05) is 0 Å². The van der Waals surface area contributed by atoms with Gasteiger partial charge in [0.05, 0.1) is 0 Å². The molecule has 120 valence electrons. The average Bonchev–Trinajstić information content (AvgIpc) is 2.46. The van der Waals surface area contributed by atoms with Crippen molar-refractivity contribution in [1.29, 1.82) is 0 Å². The van der Waals surface area contributed by atoms with Crippen LogP contribution in [0.25, 0.3) is 0 Å². The van der Waals surface area contributed by atoms with Gasteiger partial charge in [0, 0.05) is 0 Å². The first-order valence-corrected chi connectivity index (χ1v) is 16.4. The van der Waals surface area contributed by atoms with Gasteiger partial charge in [-0.15, -0.1) is 0 Å². The monoisotopic (exact) mass is 396 g/mol. The summed E-state index contributed by atoms with van der Waals surface area (Å²) in [4.78, 5) is 0. The first-order valence-electron chi connectivity index (χ1n) is 8.29. The topological polar surface area (TPSA) is 0 Å². The summed E-state index contributed by atoms with van der Waals surface area (Å²) in [6, 6.07) is 0. The fourth-order valence-electron chi connectivity index (χ4n) is 3.15. The minimum atomic E-state index is -2.29. The van der Waals surface area contributed by atoms with E-state index < -0.39 is 18.4 Å². The molecule has 0 bridgehead atoms. The Bertz CT molecular complexity index is 347. The fourth-order valence-corrected chi connectivity index (χ4v) is 21.1. The van der Waals surface area contributed by atoms with Crippen LogP contribution in [0.2, 0.25) is 17.7 Å². The maximum atomic E-state index is 2.33. The van der Waals surface area contributed by atoms with E-state index in [9.17, 15) is 0 Å². The zero-order valence-electron chi connectivity index (χ0n) is 15.6. The second kappa shape index (κ2) is 10.5. The molecule has 0 radical (unpaired) electrons. The Kier molecular flexibility index (Phi) is 10.4. The van der Waals surface area contributed by atoms with Crippen molar-refractivity contribution in [3.63, 3.8) is 0 Å². The summed E-state index contributed by atoms with van der Waals surface area (Å²) < 4.78 is 5.58. The molecule has 21 heavy (non-hydrogen) atoms. The first-order chi connectivity index (χ1) is 9.82. The Hall–Kier alpha value is -0.241. The van der Waals surface area contributed by atoms with Crippen molar-refractivity contribution in [2.45, 2.75) is 73.1 Å². The van der Waals surface area contributed by atoms with E-state index in [1.807, 2.05) is 0 Å². The molecule has 0 unspecified atom stereocenters. The molecule has 0 saturated carbocycles. The van der Waals surface area contributed by atoms with Gasteiger partial charge >= 0.3 is 138 Å². The molecule has 0 aliphatic carbocycles. The SMILES string of the molecule is C/C=C(\C)[CH2][Sn]([CH2]/C(C)=C/C)([CH2]/C(C)=C/C)[CH2]/C(C)=C/C. The molecule has 0 aliphatic heterocycles. The second-order valence-corrected chi connectivity index (χ2v) is 19.3. The molecular weight excluding hydrogens is 359 g/mol. The van der Waals surface area contributed by atoms with Crippen LogP contribution in [0.1, 0.15) is 55.4 Å². The summed E-state index contributed by atoms with van der Waals surface area (Å²) in [6.45, 7) is 18.1. The normalized spacial score (nSPS) is 15.6. The molecule has 0 saturated heterocycles. The van der Waals surface area contributed by atoms with Gasteiger partial charge < -0.3 is 0 Å². The van der Waals surface area contributed by atoms with Crippen LogP contribution in [0.5, 0.6) is 0 Å². The van der Waals surface area contributed by atoms with E-state index in [4.69, 9.17) is 0 Å². The summed E-state index contributed by atoms with van der Waals surface area (Å²) in [5, 5.41) is 0. The van der Waals surface area contributed by atoms with Crippen LogP contribution in [-0.2, 0) is 0 Å². The molecule has 0 atom stereocenters. The van der Waals surface area contributed by atoms with E-state index in [0.717, 1.165) is 0 Å². The third kappa shape index (κ3) is 8.09. The van der Waals surface area contributed by atoms with E-state index in [2.05, 4.69) is 79.7 Å². The molecule has 0 fully saturated rings. The molecular formula is C20H36Sn. The Labute approximate surface area is 138 Å². The Morgan fingerprint density at radius 2 is 0.714 bits per heavy atom. The van der Waals surface area contributed by atoms with E-state index in [1.165, 1.54) is 17.7 Å². The van der Waals surface area contributed by atoms with E-state index >= 15 is 0 Å². The van der Waals surface area contributed by atoms with Crippen LogP contribution >= 0.6 is 0 Å². The molecule has 1 heteroatoms. The van der Waals surface area contributed by atoms with Gasteiger partial charge in [0.2, 0.25) is 0 Å². The van der Waals surface area contributed by atoms with Crippen LogP contribution in [0.4, 0.5) is 0 Å². The molecule has 0 aromatic carbocycles. The standard InChI is InChI=1S/4C5H9.Sn/c4*1-4-5(2)3;/h4*4H,2H2,1,3H3;/b4*5-4-;. The van der Waals surface area contributed by atoms with Gasteiger partial charge in [-0.05, 0) is 0 Å². The van der Waals surface area contributed by atoms with Gasteiger partial charge in [0.1, 0.15) is 0 Å². The third-order valence-electron chi connectivity index (χ3n) is 4.59. The Morgan fingerprint density at radius 3 is 0.857 bits per heavy atom. The average molecular weight is 395 g/mol. The predicted octanol–water partition coefficient (Wildman–Crippen LogP) is 7.30. The summed E-state index contributed by atoms with van der Waals surface area (Å²) >= 11 is -2.29. The molecule has 0 amide bonds. The Morgan fingerprint density at radius 1 is 0.524 bits per heavy atom. The van der Waals surface area contributed by atoms with Crippen molar-refractivity contribution in [3.8, 4) is 0 Å². The summed E-state index contributed by atoms with van der Waals surface area (Å²) in [5.41, 5.74) is 6.40. The molecule has 0 spiro atoms. The molecule has 0 heterocycles. The van der Waals surface area contributed by atoms with Crippen molar-refractivity contribution in [2.24, 2.45) is 0 Å². The number of hydrogen-bond acceptors (Lipinski definition) is 0. The molecule has 0 nitrogen and oxygen atoms in total. The molecule has 0 aromatic rings. The fraction of sp³-hybridized carbons (Fsp3) is 0.600. The van der Waals surface area contributed by atoms with Gasteiger partial charge in [0.15, 0.2) is 0 Å². The number of allylic oxidation sites excluding steroid dienone is 8. The second-order valence-electron chi connectivity index (χ2n) is 6.75. The van der Waals surface area contributed by atoms with Crippen LogP contribution < -0.4 is 0 Å². The van der Waals surface area contributed by atoms with Crippen LogP contribution in [0.15, 0.2) is 46.6 Å². The maximum absolute atomic E-state index is 2.33. The van der Waals surface area contributed by atoms with Crippen molar-refractivity contribution in [1.82, 2.24) is 0 Å². The number of rotatable bonds is 8. The van der Waals surface area contributed by atoms with Crippen molar-refractivity contribution in [3.05, 3.63) is 46.6 Å². The van der Waals surface area contributed by atoms with Crippen molar-refractivity contribution < 1.29 is 0 Å². The quantitative estimate of drug-likeness (QED) is 0.299. The van der Waals surface area contributed by atoms with E-state index in [1.54, 1.807) is 22.3 Å².